The van der Waals surface area contributed by atoms with Crippen LogP contribution in [0, 0.1) is 0 Å². The minimum atomic E-state index is -4.70. The summed E-state index contributed by atoms with van der Waals surface area (Å²) in [7, 11) is 0. The van der Waals surface area contributed by atoms with Gasteiger partial charge in [0.15, 0.2) is 0 Å². The molecule has 13 rings (SSSR count). The predicted molar refractivity (Wildman–Crippen MR) is 236 cm³/mol. The van der Waals surface area contributed by atoms with E-state index in [1.165, 1.54) is 48.5 Å². The molecule has 12 heteroatoms. The number of hydrogen-bond donors (Lipinski definition) is 0. The molecule has 68 heavy (non-hydrogen) atoms. The van der Waals surface area contributed by atoms with E-state index < -0.39 is 57.8 Å². The highest BCUT2D eigenvalue weighted by molar-refractivity contribution is 6.42. The van der Waals surface area contributed by atoms with Gasteiger partial charge < -0.3 is 0 Å². The van der Waals surface area contributed by atoms with E-state index in [1.54, 1.807) is 0 Å². The van der Waals surface area contributed by atoms with E-state index in [0.717, 1.165) is 86.9 Å². The van der Waals surface area contributed by atoms with Gasteiger partial charge in [0.05, 0.1) is 33.1 Å². The Morgan fingerprint density at radius 2 is 0.544 bits per heavy atom. The van der Waals surface area contributed by atoms with E-state index in [4.69, 9.17) is 0 Å². The van der Waals surface area contributed by atoms with Crippen molar-refractivity contribution in [3.8, 4) is 22.3 Å². The summed E-state index contributed by atoms with van der Waals surface area (Å²) in [5.74, 6) is 0. The van der Waals surface area contributed by atoms with Crippen LogP contribution < -0.4 is 0 Å². The number of benzene rings is 10. The molecule has 0 aromatic heterocycles. The predicted octanol–water partition coefficient (Wildman–Crippen LogP) is 16.9. The van der Waals surface area contributed by atoms with E-state index >= 15 is 0 Å². The van der Waals surface area contributed by atoms with Crippen LogP contribution in [0.3, 0.4) is 0 Å². The van der Waals surface area contributed by atoms with Crippen molar-refractivity contribution in [3.05, 3.63) is 224 Å². The lowest BCUT2D eigenvalue weighted by atomic mass is 9.65. The van der Waals surface area contributed by atoms with E-state index in [9.17, 15) is 52.7 Å². The Balaban J connectivity index is 1.24. The summed E-state index contributed by atoms with van der Waals surface area (Å²) in [6.07, 6.45) is -18.8. The van der Waals surface area contributed by atoms with Crippen molar-refractivity contribution in [3.63, 3.8) is 0 Å². The molecule has 10 aromatic carbocycles. The number of rotatable bonds is 4. The van der Waals surface area contributed by atoms with Gasteiger partial charge in [0.2, 0.25) is 0 Å². The molecule has 0 atom stereocenters. The van der Waals surface area contributed by atoms with Gasteiger partial charge in [-0.3, -0.25) is 0 Å². The zero-order valence-electron chi connectivity index (χ0n) is 34.5. The second-order valence-corrected chi connectivity index (χ2v) is 17.9. The number of fused-ring (bicyclic) bond motifs is 3. The van der Waals surface area contributed by atoms with Crippen LogP contribution in [0.5, 0.6) is 0 Å². The highest BCUT2D eigenvalue weighted by atomic mass is 19.4. The maximum Gasteiger partial charge on any atom is 0.416 e. The van der Waals surface area contributed by atoms with Crippen LogP contribution in [0.2, 0.25) is 0 Å². The van der Waals surface area contributed by atoms with Crippen molar-refractivity contribution < 1.29 is 52.7 Å². The number of halogens is 12. The van der Waals surface area contributed by atoms with Crippen LogP contribution in [-0.4, -0.2) is 0 Å². The molecule has 334 valence electrons. The first-order valence-electron chi connectivity index (χ1n) is 21.4. The van der Waals surface area contributed by atoms with Gasteiger partial charge in [-0.2, -0.15) is 52.7 Å². The molecule has 3 aliphatic carbocycles. The smallest absolute Gasteiger partial charge is 0.166 e. The van der Waals surface area contributed by atoms with E-state index in [2.05, 4.69) is 0 Å². The summed E-state index contributed by atoms with van der Waals surface area (Å²) < 4.78 is 171. The summed E-state index contributed by atoms with van der Waals surface area (Å²) >= 11 is 0. The third-order valence-electron chi connectivity index (χ3n) is 14.8. The lowest BCUT2D eigenvalue weighted by Gasteiger charge is -2.36. The Bertz CT molecular complexity index is 3440. The van der Waals surface area contributed by atoms with E-state index in [0.29, 0.717) is 71.4 Å². The van der Waals surface area contributed by atoms with Crippen LogP contribution >= 0.6 is 0 Å². The van der Waals surface area contributed by atoms with Crippen molar-refractivity contribution in [1.29, 1.82) is 0 Å². The Kier molecular flexibility index (Phi) is 7.70. The molecule has 0 radical (unpaired) electrons. The number of hydrogen-bond acceptors (Lipinski definition) is 0. The maximum atomic E-state index is 14.2. The van der Waals surface area contributed by atoms with Crippen molar-refractivity contribution in [1.82, 2.24) is 0 Å². The van der Waals surface area contributed by atoms with Crippen molar-refractivity contribution in [2.45, 2.75) is 35.5 Å². The quantitative estimate of drug-likeness (QED) is 0.0937. The molecule has 3 aliphatic rings. The molecule has 0 fully saturated rings. The van der Waals surface area contributed by atoms with Crippen LogP contribution in [-0.2, 0) is 35.5 Å². The topological polar surface area (TPSA) is 0 Å². The summed E-state index contributed by atoms with van der Waals surface area (Å²) in [5, 5.41) is 5.69. The van der Waals surface area contributed by atoms with Crippen LogP contribution in [0.4, 0.5) is 52.7 Å². The lowest BCUT2D eigenvalue weighted by Crippen LogP contribution is -2.30. The molecule has 0 saturated heterocycles. The van der Waals surface area contributed by atoms with Crippen LogP contribution in [0.25, 0.3) is 65.3 Å². The molecule has 0 unspecified atom stereocenters. The van der Waals surface area contributed by atoms with E-state index in [1.807, 2.05) is 60.7 Å². The van der Waals surface area contributed by atoms with Crippen molar-refractivity contribution >= 4 is 43.1 Å². The van der Waals surface area contributed by atoms with Gasteiger partial charge in [0.1, 0.15) is 0 Å². The second-order valence-electron chi connectivity index (χ2n) is 17.9. The Morgan fingerprint density at radius 1 is 0.250 bits per heavy atom. The maximum absolute atomic E-state index is 14.2. The van der Waals surface area contributed by atoms with Crippen molar-refractivity contribution in [2.75, 3.05) is 0 Å². The standard InChI is InChI=1S/C56H26F12/c57-53(58,59)32-15-7-28(8-16-32)51(29-9-17-33(18-10-29)54(60,61)62)40-23-5-27-6-24-41-47-44(27)46(40)48-42(51)25-38-36-3-1-2-4-37(36)39-26-43(49(47)50(48)45(38)39)52(41,30-11-19-34(20-12-30)55(63,64)65)31-13-21-35(22-14-31)56(66,67)68/h1-26H. The SMILES string of the molecule is FC(F)(F)c1ccc(C2(c3ccc(C(F)(F)F)cc3)c3ccc4ccc5c6c7c(cc8c9c(cc2c(c3c46)c97)-c2ccccc2-8)C5(c2ccc(C(F)(F)F)cc2)c2ccc(C(F)(F)F)cc2)cc1. The highest BCUT2D eigenvalue weighted by Crippen LogP contribution is 2.67. The van der Waals surface area contributed by atoms with Gasteiger partial charge in [-0.05, 0) is 171 Å². The zero-order chi connectivity index (χ0) is 47.2. The molecule has 10 aromatic rings. The summed E-state index contributed by atoms with van der Waals surface area (Å²) in [4.78, 5) is 0. The Labute approximate surface area is 377 Å². The third kappa shape index (κ3) is 4.99. The molecular weight excluding hydrogens is 901 g/mol. The third-order valence-corrected chi connectivity index (χ3v) is 14.8. The van der Waals surface area contributed by atoms with Gasteiger partial charge in [-0.1, -0.05) is 97.1 Å². The first-order valence-corrected chi connectivity index (χ1v) is 21.4. The molecule has 0 amide bonds. The lowest BCUT2D eigenvalue weighted by molar-refractivity contribution is -0.138. The van der Waals surface area contributed by atoms with Gasteiger partial charge in [0.25, 0.3) is 0 Å². The number of alkyl halides is 12. The molecule has 0 N–H and O–H groups in total. The largest absolute Gasteiger partial charge is 0.416 e. The Morgan fingerprint density at radius 3 is 0.838 bits per heavy atom. The molecule has 0 spiro atoms. The fraction of sp³-hybridized carbons (Fsp3) is 0.107. The first-order chi connectivity index (χ1) is 32.2. The Hall–Kier alpha value is -7.34. The monoisotopic (exact) mass is 926 g/mol. The normalized spacial score (nSPS) is 15.6. The fourth-order valence-electron chi connectivity index (χ4n) is 12.2. The fourth-order valence-corrected chi connectivity index (χ4v) is 12.2. The average Bonchev–Trinajstić information content (AvgIpc) is 3.92. The second kappa shape index (κ2) is 12.8. The van der Waals surface area contributed by atoms with Gasteiger partial charge in [-0.25, -0.2) is 0 Å². The van der Waals surface area contributed by atoms with E-state index in [-0.39, 0.29) is 0 Å². The first kappa shape index (κ1) is 40.9. The van der Waals surface area contributed by atoms with Crippen LogP contribution in [0.1, 0.15) is 66.8 Å². The minimum Gasteiger partial charge on any atom is -0.166 e. The summed E-state index contributed by atoms with van der Waals surface area (Å²) in [5.41, 5.74) is 0.199. The van der Waals surface area contributed by atoms with Crippen LogP contribution in [0.15, 0.2) is 158 Å². The molecule has 0 heterocycles. The summed E-state index contributed by atoms with van der Waals surface area (Å²) in [6, 6.07) is 37.6. The molecular formula is C56H26F12. The zero-order valence-corrected chi connectivity index (χ0v) is 34.5. The molecule has 0 bridgehead atoms. The minimum absolute atomic E-state index is 0.362. The van der Waals surface area contributed by atoms with Gasteiger partial charge in [-0.15, -0.1) is 0 Å². The highest BCUT2D eigenvalue weighted by Gasteiger charge is 2.52. The molecule has 0 aliphatic heterocycles. The molecule has 0 saturated carbocycles. The van der Waals surface area contributed by atoms with Gasteiger partial charge in [0, 0.05) is 0 Å². The molecule has 0 nitrogen and oxygen atoms in total. The van der Waals surface area contributed by atoms with Crippen molar-refractivity contribution in [2.24, 2.45) is 0 Å². The average molecular weight is 927 g/mol. The van der Waals surface area contributed by atoms with Gasteiger partial charge >= 0.3 is 24.7 Å². The summed E-state index contributed by atoms with van der Waals surface area (Å²) in [6.45, 7) is 0.